The predicted octanol–water partition coefficient (Wildman–Crippen LogP) is 2.72. The molecule has 1 aromatic carbocycles. The average Bonchev–Trinajstić information content (AvgIpc) is 2.37. The van der Waals surface area contributed by atoms with E-state index in [1.807, 2.05) is 0 Å². The first-order chi connectivity index (χ1) is 8.55. The van der Waals surface area contributed by atoms with Crippen molar-refractivity contribution in [2.75, 3.05) is 0 Å². The lowest BCUT2D eigenvalue weighted by Crippen LogP contribution is -2.33. The van der Waals surface area contributed by atoms with Crippen LogP contribution < -0.4 is 10.2 Å². The first kappa shape index (κ1) is 12.5. The molecule has 6 heteroatoms. The number of pyridine rings is 1. The third kappa shape index (κ3) is 3.26. The van der Waals surface area contributed by atoms with Crippen LogP contribution in [0.1, 0.15) is 5.56 Å². The Morgan fingerprint density at radius 1 is 1.11 bits per heavy atom. The van der Waals surface area contributed by atoms with Crippen LogP contribution in [0.3, 0.4) is 0 Å². The van der Waals surface area contributed by atoms with Gasteiger partial charge in [-0.2, -0.15) is 0 Å². The van der Waals surface area contributed by atoms with E-state index in [0.717, 1.165) is 17.7 Å². The van der Waals surface area contributed by atoms with E-state index >= 15 is 0 Å². The molecule has 2 rings (SSSR count). The molecule has 0 bridgehead atoms. The summed E-state index contributed by atoms with van der Waals surface area (Å²) in [7, 11) is 0. The molecule has 0 unspecified atom stereocenters. The molecule has 0 atom stereocenters. The fourth-order valence-corrected chi connectivity index (χ4v) is 1.46. The van der Waals surface area contributed by atoms with Gasteiger partial charge >= 0.3 is 6.98 Å². The van der Waals surface area contributed by atoms with Crippen molar-refractivity contribution in [2.24, 2.45) is 0 Å². The highest BCUT2D eigenvalue weighted by atomic mass is 19.4. The van der Waals surface area contributed by atoms with Gasteiger partial charge in [0.15, 0.2) is 0 Å². The van der Waals surface area contributed by atoms with Crippen LogP contribution in [0.25, 0.3) is 0 Å². The van der Waals surface area contributed by atoms with E-state index in [2.05, 4.69) is 4.98 Å². The van der Waals surface area contributed by atoms with E-state index in [0.29, 0.717) is 0 Å². The summed E-state index contributed by atoms with van der Waals surface area (Å²) < 4.78 is 42.9. The fourth-order valence-electron chi connectivity index (χ4n) is 1.46. The molecule has 0 amide bonds. The number of hydrogen-bond acceptors (Lipinski definition) is 2. The SMILES string of the molecule is F[B-](F)(F)c1cccc(OCc2cccnc2)c1. The van der Waals surface area contributed by atoms with Crippen LogP contribution in [-0.2, 0) is 6.61 Å². The summed E-state index contributed by atoms with van der Waals surface area (Å²) in [5.41, 5.74) is 0.152. The Morgan fingerprint density at radius 3 is 2.61 bits per heavy atom. The molecule has 0 spiro atoms. The molecule has 2 aromatic rings. The average molecular weight is 252 g/mol. The molecule has 18 heavy (non-hydrogen) atoms. The molecule has 0 N–H and O–H groups in total. The normalized spacial score (nSPS) is 11.3. The third-order valence-corrected chi connectivity index (χ3v) is 2.36. The zero-order valence-electron chi connectivity index (χ0n) is 9.39. The largest absolute Gasteiger partial charge is 0.509 e. The Kier molecular flexibility index (Phi) is 3.55. The monoisotopic (exact) mass is 252 g/mol. The number of benzene rings is 1. The molecule has 94 valence electrons. The Balaban J connectivity index is 2.06. The van der Waals surface area contributed by atoms with E-state index in [9.17, 15) is 12.9 Å². The molecule has 0 radical (unpaired) electrons. The number of rotatable bonds is 4. The Morgan fingerprint density at radius 2 is 1.94 bits per heavy atom. The number of halogens is 3. The maximum atomic E-state index is 12.5. The fraction of sp³-hybridized carbons (Fsp3) is 0.0833. The summed E-state index contributed by atoms with van der Waals surface area (Å²) in [4.78, 5) is 3.90. The van der Waals surface area contributed by atoms with Gasteiger partial charge in [0, 0.05) is 18.0 Å². The van der Waals surface area contributed by atoms with Crippen LogP contribution in [0.15, 0.2) is 48.8 Å². The van der Waals surface area contributed by atoms with E-state index in [1.165, 1.54) is 12.1 Å². The van der Waals surface area contributed by atoms with Gasteiger partial charge in [0.2, 0.25) is 0 Å². The van der Waals surface area contributed by atoms with Crippen LogP contribution >= 0.6 is 0 Å². The van der Waals surface area contributed by atoms with Crippen molar-refractivity contribution in [1.29, 1.82) is 0 Å². The molecule has 0 saturated heterocycles. The second kappa shape index (κ2) is 5.12. The summed E-state index contributed by atoms with van der Waals surface area (Å²) in [6.07, 6.45) is 3.23. The molecule has 0 aliphatic heterocycles. The summed E-state index contributed by atoms with van der Waals surface area (Å²) in [5, 5.41) is 0. The maximum Gasteiger partial charge on any atom is 0.509 e. The standard InChI is InChI=1S/C12H10BF3NO/c14-13(15,16)11-4-1-5-12(7-11)18-9-10-3-2-6-17-8-10/h1-8H,9H2/q-1. The van der Waals surface area contributed by atoms with Gasteiger partial charge < -0.3 is 17.7 Å². The first-order valence-electron chi connectivity index (χ1n) is 5.37. The van der Waals surface area contributed by atoms with Gasteiger partial charge in [-0.15, -0.1) is 5.46 Å². The number of hydrogen-bond donors (Lipinski definition) is 0. The van der Waals surface area contributed by atoms with Crippen molar-refractivity contribution in [1.82, 2.24) is 4.98 Å². The van der Waals surface area contributed by atoms with Gasteiger partial charge in [0.25, 0.3) is 0 Å². The zero-order chi connectivity index (χ0) is 13.0. The van der Waals surface area contributed by atoms with Gasteiger partial charge in [-0.3, -0.25) is 4.98 Å². The Bertz CT molecular complexity index is 516. The number of nitrogens with zero attached hydrogens (tertiary/aromatic N) is 1. The molecular weight excluding hydrogens is 242 g/mol. The molecule has 0 aliphatic carbocycles. The van der Waals surface area contributed by atoms with E-state index in [4.69, 9.17) is 4.74 Å². The smallest absolute Gasteiger partial charge is 0.489 e. The molecule has 2 nitrogen and oxygen atoms in total. The van der Waals surface area contributed by atoms with Crippen molar-refractivity contribution in [3.05, 3.63) is 54.4 Å². The highest BCUT2D eigenvalue weighted by Gasteiger charge is 2.25. The van der Waals surface area contributed by atoms with Gasteiger partial charge in [0.05, 0.1) is 0 Å². The number of aromatic nitrogens is 1. The lowest BCUT2D eigenvalue weighted by atomic mass is 9.80. The van der Waals surface area contributed by atoms with Crippen LogP contribution in [-0.4, -0.2) is 12.0 Å². The minimum Gasteiger partial charge on any atom is -0.489 e. The lowest BCUT2D eigenvalue weighted by molar-refractivity contribution is 0.306. The van der Waals surface area contributed by atoms with Gasteiger partial charge in [-0.1, -0.05) is 18.2 Å². The van der Waals surface area contributed by atoms with E-state index < -0.39 is 12.4 Å². The summed E-state index contributed by atoms with van der Waals surface area (Å²) in [6, 6.07) is 8.43. The van der Waals surface area contributed by atoms with Crippen molar-refractivity contribution >= 4 is 12.4 Å². The van der Waals surface area contributed by atoms with Gasteiger partial charge in [-0.05, 0) is 18.2 Å². The van der Waals surface area contributed by atoms with Crippen LogP contribution in [0.5, 0.6) is 5.75 Å². The summed E-state index contributed by atoms with van der Waals surface area (Å²) in [5.74, 6) is 0.204. The summed E-state index contributed by atoms with van der Waals surface area (Å²) in [6.45, 7) is -4.79. The molecular formula is C12H10BF3NO-. The first-order valence-corrected chi connectivity index (χ1v) is 5.37. The van der Waals surface area contributed by atoms with Gasteiger partial charge in [0.1, 0.15) is 12.4 Å². The van der Waals surface area contributed by atoms with Crippen molar-refractivity contribution < 1.29 is 17.7 Å². The Labute approximate surface area is 102 Å². The van der Waals surface area contributed by atoms with E-state index in [-0.39, 0.29) is 12.4 Å². The number of ether oxygens (including phenoxy) is 1. The summed E-state index contributed by atoms with van der Waals surface area (Å²) >= 11 is 0. The van der Waals surface area contributed by atoms with Gasteiger partial charge in [-0.25, -0.2) is 0 Å². The topological polar surface area (TPSA) is 22.1 Å². The van der Waals surface area contributed by atoms with Crippen LogP contribution in [0.2, 0.25) is 0 Å². The van der Waals surface area contributed by atoms with E-state index in [1.54, 1.807) is 24.5 Å². The van der Waals surface area contributed by atoms with Crippen molar-refractivity contribution in [2.45, 2.75) is 6.61 Å². The third-order valence-electron chi connectivity index (χ3n) is 2.36. The molecule has 0 saturated carbocycles. The molecule has 1 heterocycles. The minimum absolute atomic E-state index is 0.197. The highest BCUT2D eigenvalue weighted by Crippen LogP contribution is 2.15. The second-order valence-corrected chi connectivity index (χ2v) is 3.80. The molecule has 1 aromatic heterocycles. The highest BCUT2D eigenvalue weighted by molar-refractivity contribution is 6.73. The van der Waals surface area contributed by atoms with Crippen molar-refractivity contribution in [3.8, 4) is 5.75 Å². The second-order valence-electron chi connectivity index (χ2n) is 3.80. The predicted molar refractivity (Wildman–Crippen MR) is 63.7 cm³/mol. The Hall–Kier alpha value is -1.98. The van der Waals surface area contributed by atoms with Crippen LogP contribution in [0, 0.1) is 0 Å². The zero-order valence-corrected chi connectivity index (χ0v) is 9.39. The lowest BCUT2D eigenvalue weighted by Gasteiger charge is -2.16. The molecule has 0 fully saturated rings. The maximum absolute atomic E-state index is 12.5. The van der Waals surface area contributed by atoms with Crippen molar-refractivity contribution in [3.63, 3.8) is 0 Å². The van der Waals surface area contributed by atoms with Crippen LogP contribution in [0.4, 0.5) is 12.9 Å². The quantitative estimate of drug-likeness (QED) is 0.780. The minimum atomic E-state index is -4.99. The molecule has 0 aliphatic rings.